The van der Waals surface area contributed by atoms with Crippen molar-refractivity contribution >= 4 is 38.3 Å². The second kappa shape index (κ2) is 6.95. The van der Waals surface area contributed by atoms with Crippen LogP contribution in [-0.2, 0) is 12.8 Å². The summed E-state index contributed by atoms with van der Waals surface area (Å²) in [6.07, 6.45) is 4.89. The molecule has 5 aromatic rings. The highest BCUT2D eigenvalue weighted by Crippen LogP contribution is 2.37. The molecule has 6 rings (SSSR count). The maximum Gasteiger partial charge on any atom is 0.336 e. The van der Waals surface area contributed by atoms with E-state index < -0.39 is 5.97 Å². The second-order valence-corrected chi connectivity index (χ2v) is 8.52. The van der Waals surface area contributed by atoms with E-state index in [1.54, 1.807) is 6.07 Å². The van der Waals surface area contributed by atoms with Crippen molar-refractivity contribution in [2.24, 2.45) is 0 Å². The lowest BCUT2D eigenvalue weighted by atomic mass is 9.86. The molecule has 0 fully saturated rings. The van der Waals surface area contributed by atoms with Crippen LogP contribution in [0.25, 0.3) is 43.4 Å². The summed E-state index contributed by atoms with van der Waals surface area (Å²) < 4.78 is 0. The first-order valence-electron chi connectivity index (χ1n) is 10.9. The van der Waals surface area contributed by atoms with Gasteiger partial charge >= 0.3 is 5.97 Å². The molecule has 0 atom stereocenters. The molecule has 0 aromatic heterocycles. The van der Waals surface area contributed by atoms with E-state index in [-0.39, 0.29) is 0 Å². The standard InChI is InChI=1S/C29H22O2/c30-29(31)27-16-10-19-6-2-4-8-24(19)28(27)21-12-13-23-20(17-21)11-15-25-22-7-3-1-5-18(22)9-14-26(23)25/h2,4,6,8-17H,1,3,5,7H2,(H,30,31). The summed E-state index contributed by atoms with van der Waals surface area (Å²) >= 11 is 0. The number of rotatable bonds is 2. The van der Waals surface area contributed by atoms with E-state index in [4.69, 9.17) is 0 Å². The largest absolute Gasteiger partial charge is 0.478 e. The molecule has 0 amide bonds. The Balaban J connectivity index is 1.61. The van der Waals surface area contributed by atoms with Crippen molar-refractivity contribution in [2.75, 3.05) is 0 Å². The predicted molar refractivity (Wildman–Crippen MR) is 128 cm³/mol. The Labute approximate surface area is 180 Å². The molecule has 0 saturated carbocycles. The average Bonchev–Trinajstić information content (AvgIpc) is 2.82. The molecule has 1 N–H and O–H groups in total. The maximum atomic E-state index is 12.0. The monoisotopic (exact) mass is 402 g/mol. The van der Waals surface area contributed by atoms with Gasteiger partial charge in [0.15, 0.2) is 0 Å². The first kappa shape index (κ1) is 18.1. The summed E-state index contributed by atoms with van der Waals surface area (Å²) in [7, 11) is 0. The van der Waals surface area contributed by atoms with E-state index in [2.05, 4.69) is 42.5 Å². The number of fused-ring (bicyclic) bond motifs is 6. The molecule has 1 aliphatic rings. The Morgan fingerprint density at radius 2 is 1.45 bits per heavy atom. The third kappa shape index (κ3) is 2.83. The SMILES string of the molecule is O=C(O)c1ccc2ccccc2c1-c1ccc2c(ccc3c4c(ccc32)CCCC4)c1. The number of benzene rings is 5. The summed E-state index contributed by atoms with van der Waals surface area (Å²) in [6, 6.07) is 27.0. The molecule has 31 heavy (non-hydrogen) atoms. The number of hydrogen-bond donors (Lipinski definition) is 1. The second-order valence-electron chi connectivity index (χ2n) is 8.52. The molecule has 2 nitrogen and oxygen atoms in total. The van der Waals surface area contributed by atoms with Crippen LogP contribution in [0.3, 0.4) is 0 Å². The molecule has 0 bridgehead atoms. The Hall–Kier alpha value is -3.65. The summed E-state index contributed by atoms with van der Waals surface area (Å²) in [5, 5.41) is 16.9. The molecule has 0 spiro atoms. The molecule has 0 radical (unpaired) electrons. The van der Waals surface area contributed by atoms with Crippen molar-refractivity contribution in [1.82, 2.24) is 0 Å². The lowest BCUT2D eigenvalue weighted by Crippen LogP contribution is -2.03. The number of carbonyl (C=O) groups is 1. The summed E-state index contributed by atoms with van der Waals surface area (Å²) in [4.78, 5) is 12.0. The molecular weight excluding hydrogens is 380 g/mol. The zero-order valence-electron chi connectivity index (χ0n) is 17.2. The van der Waals surface area contributed by atoms with E-state index in [1.807, 2.05) is 30.3 Å². The highest BCUT2D eigenvalue weighted by molar-refractivity contribution is 6.12. The summed E-state index contributed by atoms with van der Waals surface area (Å²) in [6.45, 7) is 0. The minimum absolute atomic E-state index is 0.341. The molecule has 0 unspecified atom stereocenters. The number of carboxylic acid groups (broad SMARTS) is 1. The minimum Gasteiger partial charge on any atom is -0.478 e. The fourth-order valence-electron chi connectivity index (χ4n) is 5.32. The van der Waals surface area contributed by atoms with Gasteiger partial charge in [0.1, 0.15) is 0 Å². The highest BCUT2D eigenvalue weighted by atomic mass is 16.4. The van der Waals surface area contributed by atoms with Gasteiger partial charge in [0.2, 0.25) is 0 Å². The lowest BCUT2D eigenvalue weighted by molar-refractivity contribution is 0.0698. The van der Waals surface area contributed by atoms with E-state index in [1.165, 1.54) is 46.5 Å². The van der Waals surface area contributed by atoms with Crippen LogP contribution in [0.2, 0.25) is 0 Å². The van der Waals surface area contributed by atoms with Crippen LogP contribution in [0.4, 0.5) is 0 Å². The molecule has 1 aliphatic carbocycles. The fourth-order valence-corrected chi connectivity index (χ4v) is 5.32. The molecule has 2 heteroatoms. The lowest BCUT2D eigenvalue weighted by Gasteiger charge is -2.19. The highest BCUT2D eigenvalue weighted by Gasteiger charge is 2.17. The average molecular weight is 402 g/mol. The molecular formula is C29H22O2. The van der Waals surface area contributed by atoms with Crippen LogP contribution in [0, 0.1) is 0 Å². The van der Waals surface area contributed by atoms with Gasteiger partial charge in [0.25, 0.3) is 0 Å². The third-order valence-corrected chi connectivity index (χ3v) is 6.80. The van der Waals surface area contributed by atoms with Gasteiger partial charge in [0.05, 0.1) is 5.56 Å². The van der Waals surface area contributed by atoms with Gasteiger partial charge in [-0.2, -0.15) is 0 Å². The fraction of sp³-hybridized carbons (Fsp3) is 0.138. The molecule has 0 heterocycles. The number of aromatic carboxylic acids is 1. The van der Waals surface area contributed by atoms with Gasteiger partial charge in [-0.15, -0.1) is 0 Å². The van der Waals surface area contributed by atoms with Crippen molar-refractivity contribution in [3.63, 3.8) is 0 Å². The van der Waals surface area contributed by atoms with E-state index >= 15 is 0 Å². The molecule has 5 aromatic carbocycles. The zero-order valence-corrected chi connectivity index (χ0v) is 17.2. The van der Waals surface area contributed by atoms with Crippen molar-refractivity contribution in [1.29, 1.82) is 0 Å². The number of hydrogen-bond acceptors (Lipinski definition) is 1. The zero-order chi connectivity index (χ0) is 20.9. The van der Waals surface area contributed by atoms with Gasteiger partial charge in [-0.1, -0.05) is 66.7 Å². The van der Waals surface area contributed by atoms with E-state index in [0.717, 1.165) is 33.7 Å². The smallest absolute Gasteiger partial charge is 0.336 e. The van der Waals surface area contributed by atoms with Crippen LogP contribution in [-0.4, -0.2) is 11.1 Å². The van der Waals surface area contributed by atoms with Gasteiger partial charge in [-0.25, -0.2) is 4.79 Å². The van der Waals surface area contributed by atoms with Crippen molar-refractivity contribution < 1.29 is 9.90 Å². The van der Waals surface area contributed by atoms with Crippen LogP contribution >= 0.6 is 0 Å². The van der Waals surface area contributed by atoms with Crippen molar-refractivity contribution in [3.8, 4) is 11.1 Å². The first-order valence-corrected chi connectivity index (χ1v) is 10.9. The van der Waals surface area contributed by atoms with Crippen LogP contribution in [0.5, 0.6) is 0 Å². The summed E-state index contributed by atoms with van der Waals surface area (Å²) in [5.41, 5.74) is 5.08. The van der Waals surface area contributed by atoms with Crippen molar-refractivity contribution in [3.05, 3.63) is 95.6 Å². The minimum atomic E-state index is -0.897. The molecule has 0 aliphatic heterocycles. The van der Waals surface area contributed by atoms with Gasteiger partial charge < -0.3 is 5.11 Å². The van der Waals surface area contributed by atoms with Crippen molar-refractivity contribution in [2.45, 2.75) is 25.7 Å². The van der Waals surface area contributed by atoms with E-state index in [9.17, 15) is 9.90 Å². The Bertz CT molecular complexity index is 1510. The number of carboxylic acids is 1. The van der Waals surface area contributed by atoms with E-state index in [0.29, 0.717) is 5.56 Å². The normalized spacial score (nSPS) is 13.5. The third-order valence-electron chi connectivity index (χ3n) is 6.80. The molecule has 150 valence electrons. The Morgan fingerprint density at radius 3 is 2.35 bits per heavy atom. The predicted octanol–water partition coefficient (Wildman–Crippen LogP) is 7.39. The van der Waals surface area contributed by atoms with Crippen LogP contribution < -0.4 is 0 Å². The van der Waals surface area contributed by atoms with Crippen LogP contribution in [0.1, 0.15) is 34.3 Å². The first-order chi connectivity index (χ1) is 15.2. The Morgan fingerprint density at radius 1 is 0.677 bits per heavy atom. The number of aryl methyl sites for hydroxylation is 2. The molecule has 0 saturated heterocycles. The quantitative estimate of drug-likeness (QED) is 0.313. The van der Waals surface area contributed by atoms with Gasteiger partial charge in [-0.05, 0) is 86.8 Å². The van der Waals surface area contributed by atoms with Gasteiger partial charge in [-0.3, -0.25) is 0 Å². The maximum absolute atomic E-state index is 12.0. The van der Waals surface area contributed by atoms with Gasteiger partial charge in [0, 0.05) is 5.56 Å². The summed E-state index contributed by atoms with van der Waals surface area (Å²) in [5.74, 6) is -0.897. The van der Waals surface area contributed by atoms with Crippen LogP contribution in [0.15, 0.2) is 78.9 Å². The topological polar surface area (TPSA) is 37.3 Å². The Kier molecular flexibility index (Phi) is 4.07.